The molecule has 2 heterocycles. The monoisotopic (exact) mass is 412 g/mol. The molecule has 0 radical (unpaired) electrons. The average molecular weight is 412 g/mol. The number of nitrogens with one attached hydrogen (secondary N) is 2. The second-order valence-corrected chi connectivity index (χ2v) is 6.34. The summed E-state index contributed by atoms with van der Waals surface area (Å²) < 4.78 is 52.7. The van der Waals surface area contributed by atoms with Crippen molar-refractivity contribution in [3.63, 3.8) is 0 Å². The fourth-order valence-corrected chi connectivity index (χ4v) is 2.92. The maximum atomic E-state index is 13.3. The Morgan fingerprint density at radius 3 is 2.66 bits per heavy atom. The molecule has 3 aromatic rings. The van der Waals surface area contributed by atoms with Crippen molar-refractivity contribution in [3.05, 3.63) is 45.8 Å². The van der Waals surface area contributed by atoms with Crippen molar-refractivity contribution in [2.24, 2.45) is 0 Å². The van der Waals surface area contributed by atoms with Crippen LogP contribution in [0, 0.1) is 17.0 Å². The van der Waals surface area contributed by atoms with Gasteiger partial charge in [0.25, 0.3) is 0 Å². The van der Waals surface area contributed by atoms with Crippen LogP contribution in [0.2, 0.25) is 0 Å². The van der Waals surface area contributed by atoms with Gasteiger partial charge in [-0.15, -0.1) is 0 Å². The molecule has 0 saturated heterocycles. The summed E-state index contributed by atoms with van der Waals surface area (Å²) in [5, 5.41) is 21.6. The predicted molar refractivity (Wildman–Crippen MR) is 99.3 cm³/mol. The third-order valence-corrected chi connectivity index (χ3v) is 4.29. The highest BCUT2D eigenvalue weighted by atomic mass is 19.4. The fraction of sp³-hybridized carbons (Fsp3) is 0.294. The van der Waals surface area contributed by atoms with Crippen molar-refractivity contribution >= 4 is 33.8 Å². The molecule has 0 saturated carbocycles. The number of halogens is 4. The van der Waals surface area contributed by atoms with Crippen LogP contribution in [0.15, 0.2) is 24.4 Å². The molecule has 0 amide bonds. The Morgan fingerprint density at radius 2 is 2.03 bits per heavy atom. The Morgan fingerprint density at radius 1 is 1.31 bits per heavy atom. The van der Waals surface area contributed by atoms with E-state index in [0.717, 1.165) is 16.0 Å². The van der Waals surface area contributed by atoms with Crippen LogP contribution in [0.3, 0.4) is 0 Å². The molecule has 0 atom stereocenters. The van der Waals surface area contributed by atoms with Crippen molar-refractivity contribution in [1.29, 1.82) is 0 Å². The topological polar surface area (TPSA) is 100.0 Å². The van der Waals surface area contributed by atoms with E-state index in [1.807, 2.05) is 0 Å². The van der Waals surface area contributed by atoms with Gasteiger partial charge in [0.1, 0.15) is 18.1 Å². The van der Waals surface area contributed by atoms with E-state index in [-0.39, 0.29) is 6.54 Å². The molecule has 29 heavy (non-hydrogen) atoms. The number of fused-ring (bicyclic) bond motifs is 1. The van der Waals surface area contributed by atoms with Gasteiger partial charge in [-0.1, -0.05) is 0 Å². The smallest absolute Gasteiger partial charge is 0.366 e. The SMILES string of the molecule is Cc1cc(Nc2nc(C(F)(F)F)cc(N(C)CCF)c2[N+](=O)[O-])cc2cn[nH]c12. The Labute approximate surface area is 161 Å². The maximum absolute atomic E-state index is 13.3. The van der Waals surface area contributed by atoms with Crippen LogP contribution in [0.1, 0.15) is 11.3 Å². The lowest BCUT2D eigenvalue weighted by Crippen LogP contribution is -2.23. The summed E-state index contributed by atoms with van der Waals surface area (Å²) in [6, 6.07) is 3.71. The van der Waals surface area contributed by atoms with Crippen molar-refractivity contribution in [3.8, 4) is 0 Å². The number of aromatic nitrogens is 3. The quantitative estimate of drug-likeness (QED) is 0.355. The van der Waals surface area contributed by atoms with Crippen molar-refractivity contribution in [1.82, 2.24) is 15.2 Å². The first kappa shape index (κ1) is 20.3. The van der Waals surface area contributed by atoms with Crippen LogP contribution in [0.4, 0.5) is 40.4 Å². The average Bonchev–Trinajstić information content (AvgIpc) is 3.09. The Hall–Kier alpha value is -3.44. The molecule has 8 nitrogen and oxygen atoms in total. The number of aromatic amines is 1. The second kappa shape index (κ2) is 7.53. The highest BCUT2D eigenvalue weighted by Crippen LogP contribution is 2.40. The normalized spacial score (nSPS) is 11.7. The molecule has 1 aromatic carbocycles. The first-order chi connectivity index (χ1) is 13.6. The summed E-state index contributed by atoms with van der Waals surface area (Å²) in [6.45, 7) is 0.540. The number of alkyl halides is 4. The van der Waals surface area contributed by atoms with E-state index in [1.54, 1.807) is 19.1 Å². The third-order valence-electron chi connectivity index (χ3n) is 4.29. The molecule has 0 aliphatic heterocycles. The molecule has 0 bridgehead atoms. The molecular weight excluding hydrogens is 396 g/mol. The fourth-order valence-electron chi connectivity index (χ4n) is 2.92. The molecule has 0 unspecified atom stereocenters. The first-order valence-corrected chi connectivity index (χ1v) is 8.36. The zero-order chi connectivity index (χ0) is 21.3. The highest BCUT2D eigenvalue weighted by molar-refractivity contribution is 5.87. The van der Waals surface area contributed by atoms with E-state index < -0.39 is 40.7 Å². The Kier molecular flexibility index (Phi) is 5.27. The maximum Gasteiger partial charge on any atom is 0.433 e. The molecule has 0 fully saturated rings. The number of pyridine rings is 1. The number of H-pyrrole nitrogens is 1. The zero-order valence-electron chi connectivity index (χ0n) is 15.3. The lowest BCUT2D eigenvalue weighted by molar-refractivity contribution is -0.383. The number of rotatable bonds is 6. The Balaban J connectivity index is 2.18. The van der Waals surface area contributed by atoms with Crippen LogP contribution < -0.4 is 10.2 Å². The van der Waals surface area contributed by atoms with E-state index in [0.29, 0.717) is 17.1 Å². The van der Waals surface area contributed by atoms with E-state index in [1.165, 1.54) is 13.2 Å². The van der Waals surface area contributed by atoms with Crippen molar-refractivity contribution in [2.45, 2.75) is 13.1 Å². The minimum atomic E-state index is -4.85. The number of benzene rings is 1. The van der Waals surface area contributed by atoms with Gasteiger partial charge in [-0.2, -0.15) is 18.3 Å². The molecule has 0 spiro atoms. The molecule has 154 valence electrons. The van der Waals surface area contributed by atoms with Gasteiger partial charge in [-0.25, -0.2) is 9.37 Å². The summed E-state index contributed by atoms with van der Waals surface area (Å²) >= 11 is 0. The number of nitro groups is 1. The molecule has 3 rings (SSSR count). The summed E-state index contributed by atoms with van der Waals surface area (Å²) in [7, 11) is 1.27. The lowest BCUT2D eigenvalue weighted by Gasteiger charge is -2.20. The summed E-state index contributed by atoms with van der Waals surface area (Å²) in [6.07, 6.45) is -3.33. The standard InChI is InChI=1S/C17H16F4N6O2/c1-9-5-11(6-10-8-22-25-14(9)10)23-16-15(27(28)29)12(26(2)4-3-18)7-13(24-16)17(19,20)21/h5-8H,3-4H2,1-2H3,(H,22,25)(H,23,24). The third kappa shape index (κ3) is 4.05. The van der Waals surface area contributed by atoms with Gasteiger partial charge < -0.3 is 10.2 Å². The number of hydrogen-bond donors (Lipinski definition) is 2. The largest absolute Gasteiger partial charge is 0.433 e. The number of anilines is 3. The van der Waals surface area contributed by atoms with Crippen molar-refractivity contribution < 1.29 is 22.5 Å². The predicted octanol–water partition coefficient (Wildman–Crippen LogP) is 4.34. The van der Waals surface area contributed by atoms with Gasteiger partial charge in [-0.3, -0.25) is 15.2 Å². The molecule has 0 aliphatic carbocycles. The summed E-state index contributed by atoms with van der Waals surface area (Å²) in [5.41, 5.74) is -0.646. The van der Waals surface area contributed by atoms with E-state index in [9.17, 15) is 27.7 Å². The van der Waals surface area contributed by atoms with Gasteiger partial charge in [-0.05, 0) is 30.7 Å². The minimum Gasteiger partial charge on any atom is -0.366 e. The van der Waals surface area contributed by atoms with E-state index >= 15 is 0 Å². The summed E-state index contributed by atoms with van der Waals surface area (Å²) in [4.78, 5) is 15.3. The van der Waals surface area contributed by atoms with Crippen molar-refractivity contribution in [2.75, 3.05) is 30.5 Å². The van der Waals surface area contributed by atoms with E-state index in [2.05, 4.69) is 20.5 Å². The van der Waals surface area contributed by atoms with Gasteiger partial charge in [0.2, 0.25) is 5.82 Å². The van der Waals surface area contributed by atoms with Gasteiger partial charge in [0.05, 0.1) is 16.6 Å². The van der Waals surface area contributed by atoms with E-state index in [4.69, 9.17) is 0 Å². The van der Waals surface area contributed by atoms with Crippen LogP contribution in [-0.2, 0) is 6.18 Å². The zero-order valence-corrected chi connectivity index (χ0v) is 15.3. The highest BCUT2D eigenvalue weighted by Gasteiger charge is 2.37. The van der Waals surface area contributed by atoms with Crippen LogP contribution in [0.5, 0.6) is 0 Å². The van der Waals surface area contributed by atoms with Gasteiger partial charge in [0, 0.05) is 24.7 Å². The van der Waals surface area contributed by atoms with Crippen LogP contribution in [0.25, 0.3) is 10.9 Å². The number of hydrogen-bond acceptors (Lipinski definition) is 6. The second-order valence-electron chi connectivity index (χ2n) is 6.34. The molecule has 2 aromatic heterocycles. The minimum absolute atomic E-state index is 0.297. The number of aryl methyl sites for hydroxylation is 1. The van der Waals surface area contributed by atoms with Crippen LogP contribution >= 0.6 is 0 Å². The first-order valence-electron chi connectivity index (χ1n) is 8.36. The molecule has 12 heteroatoms. The molecule has 0 aliphatic rings. The van der Waals surface area contributed by atoms with Gasteiger partial charge >= 0.3 is 11.9 Å². The lowest BCUT2D eigenvalue weighted by atomic mass is 10.1. The van der Waals surface area contributed by atoms with Gasteiger partial charge in [0.15, 0.2) is 0 Å². The molecular formula is C17H16F4N6O2. The summed E-state index contributed by atoms with van der Waals surface area (Å²) in [5.74, 6) is -0.590. The molecule has 2 N–H and O–H groups in total. The Bertz CT molecular complexity index is 1070. The van der Waals surface area contributed by atoms with Crippen LogP contribution in [-0.4, -0.2) is 40.4 Å². The number of nitrogens with zero attached hydrogens (tertiary/aromatic N) is 4.